The Bertz CT molecular complexity index is 1070. The molecule has 0 saturated heterocycles. The number of oxazole rings is 1. The fourth-order valence-electron chi connectivity index (χ4n) is 2.94. The summed E-state index contributed by atoms with van der Waals surface area (Å²) in [5, 5.41) is 0. The van der Waals surface area contributed by atoms with Gasteiger partial charge in [0.25, 0.3) is 0 Å². The summed E-state index contributed by atoms with van der Waals surface area (Å²) in [6.07, 6.45) is 0. The molecular formula is C22H19N3O. The van der Waals surface area contributed by atoms with Gasteiger partial charge in [0.15, 0.2) is 5.58 Å². The first kappa shape index (κ1) is 16.2. The van der Waals surface area contributed by atoms with Crippen LogP contribution in [0, 0.1) is 13.8 Å². The third-order valence-electron chi connectivity index (χ3n) is 4.35. The Kier molecular flexibility index (Phi) is 4.09. The number of aryl methyl sites for hydroxylation is 2. The van der Waals surface area contributed by atoms with Crippen LogP contribution in [0.1, 0.15) is 23.7 Å². The first-order valence-corrected chi connectivity index (χ1v) is 8.57. The molecule has 4 aromatic rings. The molecule has 0 saturated carbocycles. The van der Waals surface area contributed by atoms with Crippen LogP contribution in [-0.4, -0.2) is 15.7 Å². The summed E-state index contributed by atoms with van der Waals surface area (Å²) in [6, 6.07) is 19.7. The number of aromatic nitrogens is 2. The number of fused-ring (bicyclic) bond motifs is 1. The van der Waals surface area contributed by atoms with Crippen molar-refractivity contribution in [1.82, 2.24) is 9.97 Å². The molecule has 4 rings (SSSR count). The Labute approximate surface area is 152 Å². The lowest BCUT2D eigenvalue weighted by Gasteiger charge is -2.07. The van der Waals surface area contributed by atoms with E-state index in [2.05, 4.69) is 31.0 Å². The van der Waals surface area contributed by atoms with E-state index in [-0.39, 0.29) is 0 Å². The van der Waals surface area contributed by atoms with Gasteiger partial charge in [-0.1, -0.05) is 36.4 Å². The second kappa shape index (κ2) is 6.56. The van der Waals surface area contributed by atoms with Gasteiger partial charge in [-0.3, -0.25) is 4.99 Å². The van der Waals surface area contributed by atoms with E-state index in [4.69, 9.17) is 14.4 Å². The van der Waals surface area contributed by atoms with Gasteiger partial charge in [-0.2, -0.15) is 0 Å². The van der Waals surface area contributed by atoms with Crippen molar-refractivity contribution in [2.24, 2.45) is 4.99 Å². The molecule has 4 heteroatoms. The topological polar surface area (TPSA) is 51.3 Å². The smallest absolute Gasteiger partial charge is 0.246 e. The molecule has 0 radical (unpaired) electrons. The van der Waals surface area contributed by atoms with Gasteiger partial charge in [0, 0.05) is 0 Å². The van der Waals surface area contributed by atoms with Crippen LogP contribution >= 0.6 is 0 Å². The highest BCUT2D eigenvalue weighted by atomic mass is 16.3. The monoisotopic (exact) mass is 341 g/mol. The molecule has 26 heavy (non-hydrogen) atoms. The van der Waals surface area contributed by atoms with Gasteiger partial charge >= 0.3 is 0 Å². The summed E-state index contributed by atoms with van der Waals surface area (Å²) < 4.78 is 5.83. The van der Waals surface area contributed by atoms with E-state index in [1.165, 1.54) is 0 Å². The van der Waals surface area contributed by atoms with Crippen LogP contribution < -0.4 is 0 Å². The third kappa shape index (κ3) is 3.02. The average molecular weight is 341 g/mol. The molecular weight excluding hydrogens is 322 g/mol. The van der Waals surface area contributed by atoms with Crippen molar-refractivity contribution in [2.75, 3.05) is 0 Å². The number of pyridine rings is 1. The first-order valence-electron chi connectivity index (χ1n) is 8.57. The Hall–Kier alpha value is -3.27. The zero-order chi connectivity index (χ0) is 18.1. The fraction of sp³-hybridized carbons (Fsp3) is 0.136. The summed E-state index contributed by atoms with van der Waals surface area (Å²) in [5.74, 6) is 0.521. The van der Waals surface area contributed by atoms with Crippen molar-refractivity contribution < 1.29 is 4.42 Å². The molecule has 0 aliphatic rings. The molecule has 0 aliphatic carbocycles. The molecule has 0 bridgehead atoms. The predicted molar refractivity (Wildman–Crippen MR) is 105 cm³/mol. The van der Waals surface area contributed by atoms with Crippen molar-refractivity contribution in [3.63, 3.8) is 0 Å². The van der Waals surface area contributed by atoms with Crippen LogP contribution in [0.15, 0.2) is 70.1 Å². The summed E-state index contributed by atoms with van der Waals surface area (Å²) >= 11 is 0. The van der Waals surface area contributed by atoms with Gasteiger partial charge in [0.05, 0.1) is 17.1 Å². The average Bonchev–Trinajstić information content (AvgIpc) is 3.09. The molecule has 128 valence electrons. The number of aliphatic imine (C=N–C) groups is 1. The quantitative estimate of drug-likeness (QED) is 0.453. The maximum absolute atomic E-state index is 5.83. The maximum Gasteiger partial charge on any atom is 0.246 e. The first-order chi connectivity index (χ1) is 12.6. The predicted octanol–water partition coefficient (Wildman–Crippen LogP) is 5.65. The lowest BCUT2D eigenvalue weighted by molar-refractivity contribution is 0.616. The maximum atomic E-state index is 5.83. The molecule has 2 aromatic carbocycles. The van der Waals surface area contributed by atoms with E-state index >= 15 is 0 Å². The third-order valence-corrected chi connectivity index (χ3v) is 4.35. The van der Waals surface area contributed by atoms with Crippen molar-refractivity contribution in [3.8, 4) is 11.6 Å². The standard InChI is InChI=1S/C22H19N3O/c1-14-8-6-9-15(2)21(14)23-16(3)17-11-7-12-19(24-17)22-25-18-10-4-5-13-20(18)26-22/h4-13H,1-3H3. The zero-order valence-corrected chi connectivity index (χ0v) is 15.0. The normalized spacial score (nSPS) is 11.9. The number of hydrogen-bond acceptors (Lipinski definition) is 4. The highest BCUT2D eigenvalue weighted by Gasteiger charge is 2.11. The molecule has 4 nitrogen and oxygen atoms in total. The number of hydrogen-bond donors (Lipinski definition) is 0. The van der Waals surface area contributed by atoms with Gasteiger partial charge < -0.3 is 4.42 Å². The minimum Gasteiger partial charge on any atom is -0.435 e. The van der Waals surface area contributed by atoms with Crippen LogP contribution in [0.2, 0.25) is 0 Å². The van der Waals surface area contributed by atoms with Gasteiger partial charge in [0.1, 0.15) is 11.2 Å². The lowest BCUT2D eigenvalue weighted by Crippen LogP contribution is -2.00. The summed E-state index contributed by atoms with van der Waals surface area (Å²) in [7, 11) is 0. The minimum absolute atomic E-state index is 0.521. The largest absolute Gasteiger partial charge is 0.435 e. The van der Waals surface area contributed by atoms with Crippen LogP contribution in [0.5, 0.6) is 0 Å². The van der Waals surface area contributed by atoms with Crippen LogP contribution in [0.25, 0.3) is 22.7 Å². The van der Waals surface area contributed by atoms with Crippen molar-refractivity contribution in [2.45, 2.75) is 20.8 Å². The lowest BCUT2D eigenvalue weighted by atomic mass is 10.1. The van der Waals surface area contributed by atoms with Gasteiger partial charge in [-0.05, 0) is 56.2 Å². The molecule has 0 aliphatic heterocycles. The van der Waals surface area contributed by atoms with E-state index in [1.54, 1.807) is 0 Å². The van der Waals surface area contributed by atoms with Gasteiger partial charge in [-0.25, -0.2) is 9.97 Å². The molecule has 2 heterocycles. The number of para-hydroxylation sites is 3. The molecule has 0 fully saturated rings. The Balaban J connectivity index is 1.74. The zero-order valence-electron chi connectivity index (χ0n) is 15.0. The second-order valence-corrected chi connectivity index (χ2v) is 6.33. The van der Waals surface area contributed by atoms with E-state index in [9.17, 15) is 0 Å². The Morgan fingerprint density at radius 1 is 0.846 bits per heavy atom. The summed E-state index contributed by atoms with van der Waals surface area (Å²) in [6.45, 7) is 6.12. The number of nitrogens with zero attached hydrogens (tertiary/aromatic N) is 3. The number of rotatable bonds is 3. The van der Waals surface area contributed by atoms with Crippen molar-refractivity contribution in [1.29, 1.82) is 0 Å². The van der Waals surface area contributed by atoms with E-state index < -0.39 is 0 Å². The fourth-order valence-corrected chi connectivity index (χ4v) is 2.94. The highest BCUT2D eigenvalue weighted by Crippen LogP contribution is 2.25. The highest BCUT2D eigenvalue weighted by molar-refractivity contribution is 5.99. The molecule has 0 unspecified atom stereocenters. The van der Waals surface area contributed by atoms with Crippen molar-refractivity contribution in [3.05, 3.63) is 77.5 Å². The molecule has 0 N–H and O–H groups in total. The second-order valence-electron chi connectivity index (χ2n) is 6.33. The SMILES string of the molecule is CC(=Nc1c(C)cccc1C)c1cccc(-c2nc3ccccc3o2)n1. The Morgan fingerprint density at radius 3 is 2.35 bits per heavy atom. The summed E-state index contributed by atoms with van der Waals surface area (Å²) in [5.41, 5.74) is 7.27. The molecule has 2 aromatic heterocycles. The van der Waals surface area contributed by atoms with Gasteiger partial charge in [0.2, 0.25) is 5.89 Å². The van der Waals surface area contributed by atoms with E-state index in [1.807, 2.05) is 55.5 Å². The molecule has 0 atom stereocenters. The number of benzene rings is 2. The van der Waals surface area contributed by atoms with Crippen LogP contribution in [0.3, 0.4) is 0 Å². The van der Waals surface area contributed by atoms with Gasteiger partial charge in [-0.15, -0.1) is 0 Å². The van der Waals surface area contributed by atoms with Crippen molar-refractivity contribution >= 4 is 22.5 Å². The van der Waals surface area contributed by atoms with Crippen LogP contribution in [-0.2, 0) is 0 Å². The van der Waals surface area contributed by atoms with E-state index in [0.29, 0.717) is 11.6 Å². The minimum atomic E-state index is 0.521. The Morgan fingerprint density at radius 2 is 1.58 bits per heavy atom. The summed E-state index contributed by atoms with van der Waals surface area (Å²) in [4.78, 5) is 14.0. The van der Waals surface area contributed by atoms with Crippen LogP contribution in [0.4, 0.5) is 5.69 Å². The molecule has 0 spiro atoms. The molecule has 0 amide bonds. The van der Waals surface area contributed by atoms with E-state index in [0.717, 1.165) is 39.3 Å².